The molecular formula is C30H32ClF2N9O3. The molecule has 1 saturated heterocycles. The summed E-state index contributed by atoms with van der Waals surface area (Å²) >= 11 is 6.49. The van der Waals surface area contributed by atoms with E-state index in [1.165, 1.54) is 23.6 Å². The largest absolute Gasteiger partial charge is 0.447 e. The minimum Gasteiger partial charge on any atom is -0.447 e. The highest BCUT2D eigenvalue weighted by Crippen LogP contribution is 2.33. The number of nitrogens with zero attached hydrogens (tertiary/aromatic N) is 7. The van der Waals surface area contributed by atoms with Crippen LogP contribution in [0.1, 0.15) is 49.3 Å². The van der Waals surface area contributed by atoms with Gasteiger partial charge in [0.1, 0.15) is 12.9 Å². The zero-order valence-corrected chi connectivity index (χ0v) is 25.6. The Morgan fingerprint density at radius 3 is 2.51 bits per heavy atom. The van der Waals surface area contributed by atoms with Crippen molar-refractivity contribution in [3.63, 3.8) is 0 Å². The summed E-state index contributed by atoms with van der Waals surface area (Å²) in [5.74, 6) is -0.215. The van der Waals surface area contributed by atoms with Gasteiger partial charge in [-0.3, -0.25) is 19.8 Å². The van der Waals surface area contributed by atoms with E-state index in [4.69, 9.17) is 22.1 Å². The number of amides is 2. The Morgan fingerprint density at radius 2 is 1.91 bits per heavy atom. The van der Waals surface area contributed by atoms with Gasteiger partial charge in [-0.05, 0) is 42.3 Å². The number of hydrogen-bond acceptors (Lipinski definition) is 7. The lowest BCUT2D eigenvalue weighted by Crippen LogP contribution is -2.56. The maximum atomic E-state index is 14.2. The first-order valence-corrected chi connectivity index (χ1v) is 14.5. The highest BCUT2D eigenvalue weighted by Gasteiger charge is 2.39. The first-order chi connectivity index (χ1) is 21.5. The summed E-state index contributed by atoms with van der Waals surface area (Å²) in [6, 6.07) is 10.5. The molecule has 1 aliphatic rings. The van der Waals surface area contributed by atoms with Gasteiger partial charge in [0, 0.05) is 47.9 Å². The molecule has 0 spiro atoms. The zero-order chi connectivity index (χ0) is 32.3. The number of likely N-dealkylation sites (tertiary alicyclic amines) is 1. The molecule has 4 aromatic rings. The Morgan fingerprint density at radius 1 is 1.18 bits per heavy atom. The second-order valence-corrected chi connectivity index (χ2v) is 11.7. The van der Waals surface area contributed by atoms with E-state index >= 15 is 0 Å². The summed E-state index contributed by atoms with van der Waals surface area (Å²) < 4.78 is 32.4. The number of aromatic nitrogens is 5. The molecular weight excluding hydrogens is 608 g/mol. The lowest BCUT2D eigenvalue weighted by atomic mass is 9.85. The summed E-state index contributed by atoms with van der Waals surface area (Å²) in [7, 11) is 0. The molecule has 2 amide bonds. The van der Waals surface area contributed by atoms with Gasteiger partial charge in [-0.1, -0.05) is 43.6 Å². The number of hydrogen-bond donors (Lipinski definition) is 2. The number of carbonyl (C=O) groups excluding carboxylic acids is 2. The quantitative estimate of drug-likeness (QED) is 0.185. The van der Waals surface area contributed by atoms with Gasteiger partial charge in [-0.15, -0.1) is 0 Å². The molecule has 5 rings (SSSR count). The molecule has 15 heteroatoms. The van der Waals surface area contributed by atoms with Crippen LogP contribution in [0.4, 0.5) is 13.6 Å². The van der Waals surface area contributed by atoms with E-state index in [-0.39, 0.29) is 30.1 Å². The standard InChI is InChI=1S/C30H32ClF2N9O3/c1-4-35-28(34)42(26(43)19-7-5-18(6-8-19)21-12-38-41(13-21)27(32)33)24(14-45-29(44)40-15-30(2,3)16-40)20-9-10-23(31)22(11-20)25-36-17-37-39-25/h5-13,17,24,27H,4,14-16H2,1-3H3,(H2,34,35)(H,36,37,39)/t24-/m1/s1. The third-order valence-electron chi connectivity index (χ3n) is 7.27. The fourth-order valence-electron chi connectivity index (χ4n) is 5.13. The molecule has 1 atom stereocenters. The smallest absolute Gasteiger partial charge is 0.409 e. The third-order valence-corrected chi connectivity index (χ3v) is 7.60. The highest BCUT2D eigenvalue weighted by molar-refractivity contribution is 6.33. The summed E-state index contributed by atoms with van der Waals surface area (Å²) in [5, 5.41) is 10.7. The number of aliphatic imine (C=N–C) groups is 1. The number of rotatable bonds is 9. The van der Waals surface area contributed by atoms with Crippen LogP contribution < -0.4 is 5.73 Å². The first kappa shape index (κ1) is 31.6. The molecule has 1 aliphatic heterocycles. The van der Waals surface area contributed by atoms with Crippen molar-refractivity contribution in [2.75, 3.05) is 26.2 Å². The molecule has 1 fully saturated rings. The number of benzene rings is 2. The van der Waals surface area contributed by atoms with E-state index in [0.29, 0.717) is 50.9 Å². The normalized spacial score (nSPS) is 15.1. The summed E-state index contributed by atoms with van der Waals surface area (Å²) in [5.41, 5.74) is 8.75. The molecule has 2 aromatic carbocycles. The van der Waals surface area contributed by atoms with Crippen molar-refractivity contribution in [1.82, 2.24) is 34.8 Å². The van der Waals surface area contributed by atoms with E-state index in [0.717, 1.165) is 0 Å². The number of halogens is 3. The molecule has 0 radical (unpaired) electrons. The molecule has 45 heavy (non-hydrogen) atoms. The van der Waals surface area contributed by atoms with Crippen LogP contribution in [0.25, 0.3) is 22.5 Å². The molecule has 3 N–H and O–H groups in total. The number of nitrogens with one attached hydrogen (secondary N) is 1. The second-order valence-electron chi connectivity index (χ2n) is 11.3. The van der Waals surface area contributed by atoms with Crippen LogP contribution in [-0.4, -0.2) is 79.0 Å². The molecule has 236 valence electrons. The van der Waals surface area contributed by atoms with E-state index < -0.39 is 24.6 Å². The Labute approximate surface area is 262 Å². The van der Waals surface area contributed by atoms with Crippen molar-refractivity contribution in [2.45, 2.75) is 33.4 Å². The molecule has 12 nitrogen and oxygen atoms in total. The number of nitrogens with two attached hydrogens (primary N) is 1. The fraction of sp³-hybridized carbons (Fsp3) is 0.333. The van der Waals surface area contributed by atoms with Crippen LogP contribution in [0.5, 0.6) is 0 Å². The lowest BCUT2D eigenvalue weighted by Gasteiger charge is -2.45. The van der Waals surface area contributed by atoms with Gasteiger partial charge in [0.15, 0.2) is 11.8 Å². The van der Waals surface area contributed by atoms with Crippen molar-refractivity contribution in [3.8, 4) is 22.5 Å². The van der Waals surface area contributed by atoms with Crippen molar-refractivity contribution in [2.24, 2.45) is 16.1 Å². The number of ether oxygens (including phenoxy) is 1. The first-order valence-electron chi connectivity index (χ1n) is 14.1. The number of alkyl halides is 2. The monoisotopic (exact) mass is 639 g/mol. The number of aromatic amines is 1. The van der Waals surface area contributed by atoms with Gasteiger partial charge >= 0.3 is 12.6 Å². The Hall–Kier alpha value is -4.85. The van der Waals surface area contributed by atoms with Crippen LogP contribution in [0, 0.1) is 5.41 Å². The number of carbonyl (C=O) groups is 2. The maximum Gasteiger partial charge on any atom is 0.409 e. The van der Waals surface area contributed by atoms with Gasteiger partial charge in [0.25, 0.3) is 5.91 Å². The molecule has 2 aromatic heterocycles. The second kappa shape index (κ2) is 13.0. The van der Waals surface area contributed by atoms with Crippen LogP contribution in [0.2, 0.25) is 5.02 Å². The van der Waals surface area contributed by atoms with Crippen LogP contribution in [0.3, 0.4) is 0 Å². The average molecular weight is 640 g/mol. The lowest BCUT2D eigenvalue weighted by molar-refractivity contribution is 0.00948. The van der Waals surface area contributed by atoms with Gasteiger partial charge in [-0.25, -0.2) is 14.5 Å². The van der Waals surface area contributed by atoms with Gasteiger partial charge in [0.2, 0.25) is 0 Å². The van der Waals surface area contributed by atoms with Gasteiger partial charge in [0.05, 0.1) is 17.3 Å². The third kappa shape index (κ3) is 6.95. The van der Waals surface area contributed by atoms with E-state index in [2.05, 4.69) is 39.1 Å². The fourth-order valence-corrected chi connectivity index (χ4v) is 5.33. The minimum atomic E-state index is -2.77. The van der Waals surface area contributed by atoms with Crippen molar-refractivity contribution in [3.05, 3.63) is 77.3 Å². The maximum absolute atomic E-state index is 14.2. The van der Waals surface area contributed by atoms with Crippen LogP contribution >= 0.6 is 11.6 Å². The Balaban J connectivity index is 1.50. The van der Waals surface area contributed by atoms with Crippen molar-refractivity contribution in [1.29, 1.82) is 0 Å². The highest BCUT2D eigenvalue weighted by atomic mass is 35.5. The van der Waals surface area contributed by atoms with Gasteiger partial charge < -0.3 is 15.4 Å². The minimum absolute atomic E-state index is 0.00884. The van der Waals surface area contributed by atoms with E-state index in [1.807, 2.05) is 0 Å². The zero-order valence-electron chi connectivity index (χ0n) is 24.8. The molecule has 0 saturated carbocycles. The van der Waals surface area contributed by atoms with Crippen molar-refractivity contribution >= 4 is 29.6 Å². The van der Waals surface area contributed by atoms with E-state index in [1.54, 1.807) is 54.3 Å². The number of guanidine groups is 1. The summed E-state index contributed by atoms with van der Waals surface area (Å²) in [6.45, 7) is 4.22. The SMILES string of the molecule is CCN=C(N)N(C(=O)c1ccc(-c2cnn(C(F)F)c2)cc1)[C@H](COC(=O)N1CC(C)(C)C1)c1ccc(Cl)c(-c2ncn[nH]2)c1. The molecule has 3 heterocycles. The van der Waals surface area contributed by atoms with Crippen LogP contribution in [0.15, 0.2) is 66.2 Å². The van der Waals surface area contributed by atoms with Gasteiger partial charge in [-0.2, -0.15) is 19.0 Å². The average Bonchev–Trinajstić information content (AvgIpc) is 3.72. The molecule has 0 aliphatic carbocycles. The topological polar surface area (TPSA) is 148 Å². The predicted molar refractivity (Wildman–Crippen MR) is 164 cm³/mol. The Kier molecular flexibility index (Phi) is 9.14. The number of H-pyrrole nitrogens is 1. The molecule has 0 unspecified atom stereocenters. The van der Waals surface area contributed by atoms with Crippen LogP contribution in [-0.2, 0) is 4.74 Å². The Bertz CT molecular complexity index is 1680. The van der Waals surface area contributed by atoms with E-state index in [9.17, 15) is 18.4 Å². The summed E-state index contributed by atoms with van der Waals surface area (Å²) in [4.78, 5) is 38.5. The van der Waals surface area contributed by atoms with Crippen molar-refractivity contribution < 1.29 is 23.1 Å². The molecule has 0 bridgehead atoms. The summed E-state index contributed by atoms with van der Waals surface area (Å²) in [6.07, 6.45) is 3.36. The predicted octanol–water partition coefficient (Wildman–Crippen LogP) is 5.38.